The molecule has 1 fully saturated rings. The van der Waals surface area contributed by atoms with Crippen molar-refractivity contribution in [3.8, 4) is 16.9 Å². The number of carbonyl (C=O) groups is 2. The summed E-state index contributed by atoms with van der Waals surface area (Å²) in [5.41, 5.74) is 4.14. The molecule has 0 spiro atoms. The van der Waals surface area contributed by atoms with Crippen LogP contribution in [0.15, 0.2) is 54.6 Å². The van der Waals surface area contributed by atoms with Gasteiger partial charge >= 0.3 is 204 Å². The van der Waals surface area contributed by atoms with Crippen LogP contribution in [0.3, 0.4) is 0 Å². The number of aromatic hydroxyl groups is 1. The number of fused-ring (bicyclic) bond motifs is 1. The molecule has 3 aromatic rings. The van der Waals surface area contributed by atoms with E-state index in [1.807, 2.05) is 53.6 Å². The van der Waals surface area contributed by atoms with E-state index >= 15 is 0 Å². The van der Waals surface area contributed by atoms with Crippen LogP contribution in [0.25, 0.3) is 22.8 Å². The molecule has 0 bridgehead atoms. The number of hydrogen-bond donors (Lipinski definition) is 3. The molecular formula is C26H25N3O4Se. The summed E-state index contributed by atoms with van der Waals surface area (Å²) in [6, 6.07) is 16.6. The monoisotopic (exact) mass is 523 g/mol. The first-order valence-corrected chi connectivity index (χ1v) is 13.0. The molecule has 1 aromatic heterocycles. The maximum atomic E-state index is 12.7. The topological polar surface area (TPSA) is 90.9 Å². The molecule has 3 N–H and O–H groups in total. The first kappa shape index (κ1) is 22.6. The van der Waals surface area contributed by atoms with Gasteiger partial charge in [0, 0.05) is 0 Å². The zero-order chi connectivity index (χ0) is 23.5. The normalized spacial score (nSPS) is 16.9. The van der Waals surface area contributed by atoms with E-state index < -0.39 is 0 Å². The van der Waals surface area contributed by atoms with Gasteiger partial charge in [0.2, 0.25) is 0 Å². The van der Waals surface area contributed by atoms with Crippen LogP contribution in [-0.4, -0.2) is 62.7 Å². The molecule has 0 saturated carbocycles. The number of nitrogens with zero attached hydrogens (tertiary/aromatic N) is 1. The molecule has 0 atom stereocenters. The number of phenolic OH excluding ortho intramolecular Hbond substituents is 1. The van der Waals surface area contributed by atoms with Crippen LogP contribution >= 0.6 is 0 Å². The van der Waals surface area contributed by atoms with Gasteiger partial charge in [-0.3, -0.25) is 0 Å². The molecule has 174 valence electrons. The molecule has 0 aliphatic carbocycles. The second kappa shape index (κ2) is 9.99. The molecule has 1 saturated heterocycles. The van der Waals surface area contributed by atoms with Gasteiger partial charge in [0.05, 0.1) is 0 Å². The Kier molecular flexibility index (Phi) is 6.65. The Balaban J connectivity index is 1.27. The van der Waals surface area contributed by atoms with E-state index in [-0.39, 0.29) is 32.1 Å². The van der Waals surface area contributed by atoms with E-state index in [1.54, 1.807) is 12.1 Å². The molecule has 2 aliphatic rings. The van der Waals surface area contributed by atoms with E-state index in [1.165, 1.54) is 0 Å². The fourth-order valence-corrected chi connectivity index (χ4v) is 5.89. The van der Waals surface area contributed by atoms with Crippen molar-refractivity contribution in [2.45, 2.75) is 12.8 Å². The quantitative estimate of drug-likeness (QED) is 0.341. The molecule has 2 aromatic carbocycles. The number of nitrogens with one attached hydrogen (secondary N) is 2. The molecule has 5 rings (SSSR count). The van der Waals surface area contributed by atoms with Gasteiger partial charge in [0.1, 0.15) is 0 Å². The average molecular weight is 522 g/mol. The van der Waals surface area contributed by atoms with E-state index in [0.717, 1.165) is 57.2 Å². The summed E-state index contributed by atoms with van der Waals surface area (Å²) in [5.74, 6) is 0.0123. The fourth-order valence-electron chi connectivity index (χ4n) is 4.07. The van der Waals surface area contributed by atoms with E-state index in [9.17, 15) is 14.7 Å². The molecule has 8 heteroatoms. The molecule has 0 unspecified atom stereocenters. The van der Waals surface area contributed by atoms with Crippen molar-refractivity contribution < 1.29 is 19.5 Å². The molecule has 0 radical (unpaired) electrons. The third-order valence-corrected chi connectivity index (χ3v) is 8.03. The third kappa shape index (κ3) is 5.00. The zero-order valence-electron chi connectivity index (χ0n) is 18.5. The molecule has 3 heterocycles. The van der Waals surface area contributed by atoms with Gasteiger partial charge < -0.3 is 0 Å². The van der Waals surface area contributed by atoms with Gasteiger partial charge in [-0.15, -0.1) is 0 Å². The summed E-state index contributed by atoms with van der Waals surface area (Å²) >= 11 is -0.159. The van der Waals surface area contributed by atoms with Gasteiger partial charge in [0.25, 0.3) is 0 Å². The van der Waals surface area contributed by atoms with Crippen molar-refractivity contribution in [2.75, 3.05) is 31.6 Å². The number of amides is 2. The Hall–Kier alpha value is -3.16. The summed E-state index contributed by atoms with van der Waals surface area (Å²) < 4.78 is 1.73. The summed E-state index contributed by atoms with van der Waals surface area (Å²) in [6.07, 6.45) is 4.10. The van der Waals surface area contributed by atoms with Crippen molar-refractivity contribution in [3.05, 3.63) is 69.0 Å². The van der Waals surface area contributed by atoms with Crippen LogP contribution in [0.1, 0.15) is 32.1 Å². The summed E-state index contributed by atoms with van der Waals surface area (Å²) in [6.45, 7) is 2.88. The van der Waals surface area contributed by atoms with Crippen molar-refractivity contribution in [1.29, 1.82) is 0 Å². The van der Waals surface area contributed by atoms with Crippen LogP contribution < -0.4 is 10.6 Å². The van der Waals surface area contributed by atoms with E-state index in [2.05, 4.69) is 10.6 Å². The minimum atomic E-state index is -0.159. The Morgan fingerprint density at radius 2 is 1.94 bits per heavy atom. The van der Waals surface area contributed by atoms with Crippen LogP contribution in [0, 0.1) is 0 Å². The number of phenols is 1. The second-order valence-corrected chi connectivity index (χ2v) is 10.6. The Morgan fingerprint density at radius 3 is 2.74 bits per heavy atom. The van der Waals surface area contributed by atoms with Gasteiger partial charge in [-0.05, 0) is 0 Å². The standard InChI is InChI=1S/C26H25N3O4Se/c30-19-6-3-17(4-7-19)18-5-9-21-22(25(31)28-23(21)15-18)16-20-8-10-24(34-20)26(32)27-11-13-29-12-1-2-14-33-29/h3-10,15-16,30H,1-2,11-14H2,(H,27,32)(H,28,31)/b22-16-. The van der Waals surface area contributed by atoms with Crippen LogP contribution in [0.4, 0.5) is 5.69 Å². The van der Waals surface area contributed by atoms with Crippen molar-refractivity contribution >= 4 is 43.7 Å². The first-order chi connectivity index (χ1) is 16.6. The van der Waals surface area contributed by atoms with E-state index in [0.29, 0.717) is 18.7 Å². The Bertz CT molecular complexity index is 1240. The molecule has 2 aliphatic heterocycles. The Morgan fingerprint density at radius 1 is 1.12 bits per heavy atom. The summed E-state index contributed by atoms with van der Waals surface area (Å²) in [7, 11) is 0. The zero-order valence-corrected chi connectivity index (χ0v) is 20.3. The number of rotatable bonds is 6. The predicted octanol–water partition coefficient (Wildman–Crippen LogP) is 3.37. The van der Waals surface area contributed by atoms with Crippen LogP contribution in [0.2, 0.25) is 0 Å². The molecular weight excluding hydrogens is 497 g/mol. The van der Waals surface area contributed by atoms with Crippen LogP contribution in [-0.2, 0) is 9.63 Å². The minimum absolute atomic E-state index is 0.0588. The second-order valence-electron chi connectivity index (χ2n) is 8.25. The number of anilines is 1. The summed E-state index contributed by atoms with van der Waals surface area (Å²) in [4.78, 5) is 30.8. The Labute approximate surface area is 203 Å². The number of carbonyl (C=O) groups excluding carboxylic acids is 2. The number of hydroxylamine groups is 2. The molecule has 34 heavy (non-hydrogen) atoms. The number of hydrogen-bond acceptors (Lipinski definition) is 5. The fraction of sp³-hybridized carbons (Fsp3) is 0.231. The van der Waals surface area contributed by atoms with Crippen molar-refractivity contribution in [1.82, 2.24) is 10.4 Å². The van der Waals surface area contributed by atoms with E-state index in [4.69, 9.17) is 4.84 Å². The van der Waals surface area contributed by atoms with Gasteiger partial charge in [0.15, 0.2) is 0 Å². The van der Waals surface area contributed by atoms with Gasteiger partial charge in [-0.25, -0.2) is 0 Å². The van der Waals surface area contributed by atoms with Crippen LogP contribution in [0.5, 0.6) is 5.75 Å². The molecule has 2 amide bonds. The third-order valence-electron chi connectivity index (χ3n) is 5.86. The number of benzene rings is 2. The SMILES string of the molecule is O=C1Nc2cc(-c3ccc(O)cc3)ccc2/C1=C/c1ccc(C(=O)NCCN2CCCCO2)[se]1. The predicted molar refractivity (Wildman–Crippen MR) is 133 cm³/mol. The first-order valence-electron chi connectivity index (χ1n) is 11.3. The van der Waals surface area contributed by atoms with Gasteiger partial charge in [-0.1, -0.05) is 0 Å². The molecule has 7 nitrogen and oxygen atoms in total. The average Bonchev–Trinajstić information content (AvgIpc) is 3.44. The van der Waals surface area contributed by atoms with Crippen molar-refractivity contribution in [3.63, 3.8) is 0 Å². The van der Waals surface area contributed by atoms with Crippen molar-refractivity contribution in [2.24, 2.45) is 0 Å². The maximum absolute atomic E-state index is 12.7. The summed E-state index contributed by atoms with van der Waals surface area (Å²) in [5, 5.41) is 17.3. The van der Waals surface area contributed by atoms with Gasteiger partial charge in [-0.2, -0.15) is 0 Å².